The molecule has 0 bridgehead atoms. The molecule has 0 N–H and O–H groups in total. The second-order valence-corrected chi connectivity index (χ2v) is 6.98. The van der Waals surface area contributed by atoms with Gasteiger partial charge in [0.1, 0.15) is 22.6 Å². The molecule has 4 aromatic rings. The van der Waals surface area contributed by atoms with Crippen LogP contribution in [-0.2, 0) is 5.41 Å². The standard InChI is InChI=1S/C26H22N2O3/c1-30-21-13-15-23(27-17-21)25(29)26(19-9-5-3-6-10-19,20-11-7-4-8-12-20)24-16-14-22(31-2)18-28-24/h3-18H,1-2H3. The fraction of sp³-hybridized carbons (Fsp3) is 0.115. The fourth-order valence-electron chi connectivity index (χ4n) is 3.77. The van der Waals surface area contributed by atoms with Crippen LogP contribution in [0.1, 0.15) is 27.3 Å². The highest BCUT2D eigenvalue weighted by atomic mass is 16.5. The Kier molecular flexibility index (Phi) is 5.76. The molecular formula is C26H22N2O3. The first kappa shape index (κ1) is 20.3. The molecule has 0 radical (unpaired) electrons. The van der Waals surface area contributed by atoms with Gasteiger partial charge in [0.05, 0.1) is 32.3 Å². The summed E-state index contributed by atoms with van der Waals surface area (Å²) in [4.78, 5) is 23.3. The van der Waals surface area contributed by atoms with Crippen molar-refractivity contribution in [1.29, 1.82) is 0 Å². The Balaban J connectivity index is 2.02. The van der Waals surface area contributed by atoms with Crippen molar-refractivity contribution in [2.75, 3.05) is 14.2 Å². The lowest BCUT2D eigenvalue weighted by atomic mass is 9.67. The van der Waals surface area contributed by atoms with E-state index in [0.717, 1.165) is 11.1 Å². The number of nitrogens with zero attached hydrogens (tertiary/aromatic N) is 2. The molecule has 2 heterocycles. The molecule has 0 fully saturated rings. The molecule has 0 aliphatic carbocycles. The molecule has 154 valence electrons. The number of carbonyl (C=O) groups excluding carboxylic acids is 1. The molecule has 0 saturated carbocycles. The van der Waals surface area contributed by atoms with Crippen molar-refractivity contribution in [3.8, 4) is 11.5 Å². The number of rotatable bonds is 7. The number of hydrogen-bond acceptors (Lipinski definition) is 5. The quantitative estimate of drug-likeness (QED) is 0.413. The smallest absolute Gasteiger partial charge is 0.202 e. The number of aromatic nitrogens is 2. The Morgan fingerprint density at radius 3 is 1.61 bits per heavy atom. The summed E-state index contributed by atoms with van der Waals surface area (Å²) in [5.41, 5.74) is 1.35. The van der Waals surface area contributed by atoms with Gasteiger partial charge in [0, 0.05) is 0 Å². The number of hydrogen-bond donors (Lipinski definition) is 0. The normalized spacial score (nSPS) is 11.0. The first-order valence-electron chi connectivity index (χ1n) is 9.86. The van der Waals surface area contributed by atoms with Gasteiger partial charge < -0.3 is 9.47 Å². The molecule has 0 atom stereocenters. The minimum Gasteiger partial charge on any atom is -0.495 e. The van der Waals surface area contributed by atoms with E-state index in [0.29, 0.717) is 22.9 Å². The van der Waals surface area contributed by atoms with Gasteiger partial charge >= 0.3 is 0 Å². The van der Waals surface area contributed by atoms with E-state index in [2.05, 4.69) is 9.97 Å². The molecule has 4 rings (SSSR count). The van der Waals surface area contributed by atoms with E-state index in [-0.39, 0.29) is 5.78 Å². The highest BCUT2D eigenvalue weighted by Gasteiger charge is 2.46. The van der Waals surface area contributed by atoms with Crippen LogP contribution in [0.2, 0.25) is 0 Å². The predicted molar refractivity (Wildman–Crippen MR) is 119 cm³/mol. The van der Waals surface area contributed by atoms with Crippen LogP contribution < -0.4 is 9.47 Å². The lowest BCUT2D eigenvalue weighted by molar-refractivity contribution is 0.0927. The Morgan fingerprint density at radius 1 is 0.677 bits per heavy atom. The zero-order chi connectivity index (χ0) is 21.7. The first-order valence-corrected chi connectivity index (χ1v) is 9.86. The third-order valence-electron chi connectivity index (χ3n) is 5.32. The van der Waals surface area contributed by atoms with E-state index >= 15 is 0 Å². The maximum Gasteiger partial charge on any atom is 0.202 e. The van der Waals surface area contributed by atoms with Crippen molar-refractivity contribution in [2.24, 2.45) is 0 Å². The highest BCUT2D eigenvalue weighted by Crippen LogP contribution is 2.41. The van der Waals surface area contributed by atoms with Gasteiger partial charge in [-0.2, -0.15) is 0 Å². The van der Waals surface area contributed by atoms with Gasteiger partial charge in [0.15, 0.2) is 0 Å². The molecule has 2 aromatic heterocycles. The number of ether oxygens (including phenoxy) is 2. The van der Waals surface area contributed by atoms with E-state index in [4.69, 9.17) is 9.47 Å². The maximum atomic E-state index is 14.2. The third kappa shape index (κ3) is 3.66. The molecule has 0 aliphatic rings. The van der Waals surface area contributed by atoms with Gasteiger partial charge in [-0.15, -0.1) is 0 Å². The van der Waals surface area contributed by atoms with Crippen LogP contribution in [0.4, 0.5) is 0 Å². The van der Waals surface area contributed by atoms with Crippen molar-refractivity contribution < 1.29 is 14.3 Å². The Bertz CT molecular complexity index is 1100. The van der Waals surface area contributed by atoms with Gasteiger partial charge in [-0.25, -0.2) is 4.98 Å². The Morgan fingerprint density at radius 2 is 1.19 bits per heavy atom. The molecular weight excluding hydrogens is 388 g/mol. The number of methoxy groups -OCH3 is 2. The minimum atomic E-state index is -1.18. The van der Waals surface area contributed by atoms with Crippen molar-refractivity contribution in [3.63, 3.8) is 0 Å². The number of Topliss-reactive ketones (excluding diaryl/α,β-unsaturated/α-hetero) is 1. The third-order valence-corrected chi connectivity index (χ3v) is 5.32. The first-order chi connectivity index (χ1) is 15.2. The molecule has 2 aromatic carbocycles. The van der Waals surface area contributed by atoms with E-state index in [9.17, 15) is 4.79 Å². The Hall–Kier alpha value is -3.99. The molecule has 0 spiro atoms. The van der Waals surface area contributed by atoms with E-state index in [1.165, 1.54) is 0 Å². The van der Waals surface area contributed by atoms with Gasteiger partial charge in [-0.3, -0.25) is 9.78 Å². The summed E-state index contributed by atoms with van der Waals surface area (Å²) in [6.07, 6.45) is 3.18. The van der Waals surface area contributed by atoms with Gasteiger partial charge in [-0.1, -0.05) is 60.7 Å². The van der Waals surface area contributed by atoms with Crippen LogP contribution in [-0.4, -0.2) is 30.0 Å². The second kappa shape index (κ2) is 8.79. The number of ketones is 1. The average molecular weight is 410 g/mol. The molecule has 0 unspecified atom stereocenters. The van der Waals surface area contributed by atoms with Gasteiger partial charge in [0.2, 0.25) is 5.78 Å². The van der Waals surface area contributed by atoms with Crippen LogP contribution in [0.15, 0.2) is 97.3 Å². The lowest BCUT2D eigenvalue weighted by Crippen LogP contribution is -2.40. The molecule has 0 amide bonds. The van der Waals surface area contributed by atoms with Crippen molar-refractivity contribution in [3.05, 3.63) is 120 Å². The summed E-state index contributed by atoms with van der Waals surface area (Å²) in [6.45, 7) is 0. The molecule has 5 nitrogen and oxygen atoms in total. The van der Waals surface area contributed by atoms with Gasteiger partial charge in [-0.05, 0) is 35.4 Å². The van der Waals surface area contributed by atoms with Crippen LogP contribution in [0, 0.1) is 0 Å². The topological polar surface area (TPSA) is 61.3 Å². The van der Waals surface area contributed by atoms with Crippen LogP contribution in [0.5, 0.6) is 11.5 Å². The number of benzene rings is 2. The van der Waals surface area contributed by atoms with E-state index in [1.54, 1.807) is 38.7 Å². The zero-order valence-corrected chi connectivity index (χ0v) is 17.4. The summed E-state index contributed by atoms with van der Waals surface area (Å²) in [5, 5.41) is 0. The lowest BCUT2D eigenvalue weighted by Gasteiger charge is -2.33. The van der Waals surface area contributed by atoms with Crippen LogP contribution in [0.25, 0.3) is 0 Å². The molecule has 31 heavy (non-hydrogen) atoms. The second-order valence-electron chi connectivity index (χ2n) is 6.98. The number of carbonyl (C=O) groups is 1. The maximum absolute atomic E-state index is 14.2. The van der Waals surface area contributed by atoms with E-state index < -0.39 is 5.41 Å². The largest absolute Gasteiger partial charge is 0.495 e. The molecule has 5 heteroatoms. The SMILES string of the molecule is COc1ccc(C(=O)C(c2ccccc2)(c2ccccc2)c2ccc(OC)cn2)nc1. The molecule has 0 saturated heterocycles. The predicted octanol–water partition coefficient (Wildman–Crippen LogP) is 4.71. The van der Waals surface area contributed by atoms with Gasteiger partial charge in [0.25, 0.3) is 0 Å². The highest BCUT2D eigenvalue weighted by molar-refractivity contribution is 6.07. The summed E-state index contributed by atoms with van der Waals surface area (Å²) >= 11 is 0. The summed E-state index contributed by atoms with van der Waals surface area (Å²) in [6, 6.07) is 26.4. The minimum absolute atomic E-state index is 0.176. The van der Waals surface area contributed by atoms with E-state index in [1.807, 2.05) is 72.8 Å². The summed E-state index contributed by atoms with van der Waals surface area (Å²) < 4.78 is 10.5. The molecule has 0 aliphatic heterocycles. The average Bonchev–Trinajstić information content (AvgIpc) is 2.86. The summed E-state index contributed by atoms with van der Waals surface area (Å²) in [7, 11) is 3.16. The summed E-state index contributed by atoms with van der Waals surface area (Å²) in [5.74, 6) is 1.03. The number of pyridine rings is 2. The fourth-order valence-corrected chi connectivity index (χ4v) is 3.77. The van der Waals surface area contributed by atoms with Crippen molar-refractivity contribution in [2.45, 2.75) is 5.41 Å². The Labute approximate surface area is 181 Å². The van der Waals surface area contributed by atoms with Crippen molar-refractivity contribution in [1.82, 2.24) is 9.97 Å². The zero-order valence-electron chi connectivity index (χ0n) is 17.4. The monoisotopic (exact) mass is 410 g/mol. The van der Waals surface area contributed by atoms with Crippen molar-refractivity contribution >= 4 is 5.78 Å². The van der Waals surface area contributed by atoms with Crippen LogP contribution in [0.3, 0.4) is 0 Å². The van der Waals surface area contributed by atoms with Crippen LogP contribution >= 0.6 is 0 Å².